The van der Waals surface area contributed by atoms with Gasteiger partial charge in [-0.2, -0.15) is 0 Å². The summed E-state index contributed by atoms with van der Waals surface area (Å²) in [7, 11) is -1.23. The van der Waals surface area contributed by atoms with Crippen LogP contribution in [0.25, 0.3) is 0 Å². The summed E-state index contributed by atoms with van der Waals surface area (Å²) in [5.74, 6) is -0.373. The lowest BCUT2D eigenvalue weighted by Crippen LogP contribution is -2.19. The van der Waals surface area contributed by atoms with Crippen LogP contribution in [0.5, 0.6) is 0 Å². The molecule has 1 atom stereocenters. The molecule has 7 heteroatoms. The van der Waals surface area contributed by atoms with E-state index in [-0.39, 0.29) is 5.91 Å². The third-order valence-electron chi connectivity index (χ3n) is 2.29. The van der Waals surface area contributed by atoms with E-state index in [9.17, 15) is 9.00 Å². The zero-order valence-corrected chi connectivity index (χ0v) is 10.8. The molecular weight excluding hydrogens is 254 g/mol. The summed E-state index contributed by atoms with van der Waals surface area (Å²) < 4.78 is 14.6. The summed E-state index contributed by atoms with van der Waals surface area (Å²) in [6.07, 6.45) is 5.87. The smallest absolute Gasteiger partial charge is 0.243 e. The Kier molecular flexibility index (Phi) is 7.16. The molecule has 0 aromatic carbocycles. The van der Waals surface area contributed by atoms with Gasteiger partial charge in [-0.25, -0.2) is 14.4 Å². The number of hydrogen-bond acceptors (Lipinski definition) is 4. The SMILES string of the molecule is O=C(CCCCCNS(=O)c1cccnc1)NO. The molecule has 0 fully saturated rings. The highest BCUT2D eigenvalue weighted by Crippen LogP contribution is 2.02. The van der Waals surface area contributed by atoms with Crippen molar-refractivity contribution in [3.8, 4) is 0 Å². The Labute approximate surface area is 108 Å². The fourth-order valence-corrected chi connectivity index (χ4v) is 2.20. The summed E-state index contributed by atoms with van der Waals surface area (Å²) in [5.41, 5.74) is 1.59. The fraction of sp³-hybridized carbons (Fsp3) is 0.455. The highest BCUT2D eigenvalue weighted by Gasteiger charge is 2.02. The molecule has 1 aromatic heterocycles. The molecule has 0 radical (unpaired) electrons. The van der Waals surface area contributed by atoms with Gasteiger partial charge >= 0.3 is 0 Å². The second-order valence-electron chi connectivity index (χ2n) is 3.70. The maximum atomic E-state index is 11.7. The maximum absolute atomic E-state index is 11.7. The van der Waals surface area contributed by atoms with Crippen molar-refractivity contribution in [1.29, 1.82) is 0 Å². The lowest BCUT2D eigenvalue weighted by molar-refractivity contribution is -0.129. The number of rotatable bonds is 8. The molecule has 1 aromatic rings. The number of nitrogens with zero attached hydrogens (tertiary/aromatic N) is 1. The van der Waals surface area contributed by atoms with E-state index >= 15 is 0 Å². The second-order valence-corrected chi connectivity index (χ2v) is 4.99. The Hall–Kier alpha value is -1.31. The molecule has 6 nitrogen and oxygen atoms in total. The van der Waals surface area contributed by atoms with E-state index in [1.165, 1.54) is 0 Å². The topological polar surface area (TPSA) is 91.3 Å². The number of hydrogen-bond donors (Lipinski definition) is 3. The molecule has 0 aliphatic heterocycles. The Bertz CT molecular complexity index is 386. The van der Waals surface area contributed by atoms with Crippen molar-refractivity contribution in [2.45, 2.75) is 30.6 Å². The molecule has 0 aliphatic carbocycles. The number of nitrogens with one attached hydrogen (secondary N) is 2. The van der Waals surface area contributed by atoms with Crippen LogP contribution >= 0.6 is 0 Å². The van der Waals surface area contributed by atoms with Gasteiger partial charge in [-0.15, -0.1) is 0 Å². The van der Waals surface area contributed by atoms with Gasteiger partial charge in [0.05, 0.1) is 4.90 Å². The summed E-state index contributed by atoms with van der Waals surface area (Å²) >= 11 is 0. The molecule has 1 amide bonds. The van der Waals surface area contributed by atoms with Crippen molar-refractivity contribution < 1.29 is 14.2 Å². The van der Waals surface area contributed by atoms with E-state index in [0.717, 1.165) is 12.8 Å². The molecule has 3 N–H and O–H groups in total. The van der Waals surface area contributed by atoms with Gasteiger partial charge in [0.15, 0.2) is 0 Å². The first kappa shape index (κ1) is 14.7. The molecule has 0 saturated carbocycles. The first-order valence-corrected chi connectivity index (χ1v) is 6.87. The van der Waals surface area contributed by atoms with Gasteiger partial charge in [-0.1, -0.05) is 6.42 Å². The number of carbonyl (C=O) groups is 1. The quantitative estimate of drug-likeness (QED) is 0.370. The minimum Gasteiger partial charge on any atom is -0.289 e. The monoisotopic (exact) mass is 271 g/mol. The average Bonchev–Trinajstić information content (AvgIpc) is 2.43. The summed E-state index contributed by atoms with van der Waals surface area (Å²) in [4.78, 5) is 15.2. The molecular formula is C11H17N3O3S. The predicted octanol–water partition coefficient (Wildman–Crippen LogP) is 0.760. The van der Waals surface area contributed by atoms with E-state index in [0.29, 0.717) is 24.3 Å². The van der Waals surface area contributed by atoms with Crippen LogP contribution in [0, 0.1) is 0 Å². The highest BCUT2D eigenvalue weighted by atomic mass is 32.2. The van der Waals surface area contributed by atoms with Gasteiger partial charge in [-0.3, -0.25) is 15.0 Å². The summed E-state index contributed by atoms with van der Waals surface area (Å²) in [6.45, 7) is 0.613. The van der Waals surface area contributed by atoms with Crippen LogP contribution in [-0.2, 0) is 15.8 Å². The van der Waals surface area contributed by atoms with Crippen molar-refractivity contribution in [2.24, 2.45) is 0 Å². The molecule has 0 spiro atoms. The van der Waals surface area contributed by atoms with Crippen molar-refractivity contribution >= 4 is 16.9 Å². The largest absolute Gasteiger partial charge is 0.289 e. The van der Waals surface area contributed by atoms with E-state index in [1.807, 2.05) is 0 Å². The van der Waals surface area contributed by atoms with Crippen molar-refractivity contribution in [1.82, 2.24) is 15.2 Å². The van der Waals surface area contributed by atoms with E-state index < -0.39 is 11.0 Å². The van der Waals surface area contributed by atoms with E-state index in [1.54, 1.807) is 30.0 Å². The standard InChI is InChI=1S/C11H17N3O3S/c15-11(14-16)6-2-1-3-8-13-18(17)10-5-4-7-12-9-10/h4-5,7,9,13,16H,1-3,6,8H2,(H,14,15). The third-order valence-corrected chi connectivity index (χ3v) is 3.42. The first-order chi connectivity index (χ1) is 8.74. The van der Waals surface area contributed by atoms with Crippen molar-refractivity contribution in [2.75, 3.05) is 6.54 Å². The van der Waals surface area contributed by atoms with Crippen LogP contribution in [0.4, 0.5) is 0 Å². The van der Waals surface area contributed by atoms with Gasteiger partial charge in [-0.05, 0) is 25.0 Å². The number of aromatic nitrogens is 1. The normalized spacial score (nSPS) is 12.1. The number of amides is 1. The van der Waals surface area contributed by atoms with Gasteiger partial charge in [0, 0.05) is 25.4 Å². The number of carbonyl (C=O) groups excluding carboxylic acids is 1. The van der Waals surface area contributed by atoms with Gasteiger partial charge in [0.1, 0.15) is 11.0 Å². The van der Waals surface area contributed by atoms with Crippen LogP contribution in [0.3, 0.4) is 0 Å². The summed E-state index contributed by atoms with van der Waals surface area (Å²) in [6, 6.07) is 3.49. The van der Waals surface area contributed by atoms with Crippen molar-refractivity contribution in [3.05, 3.63) is 24.5 Å². The van der Waals surface area contributed by atoms with Crippen LogP contribution in [0.15, 0.2) is 29.4 Å². The van der Waals surface area contributed by atoms with Crippen molar-refractivity contribution in [3.63, 3.8) is 0 Å². The molecule has 1 heterocycles. The minimum atomic E-state index is -1.23. The molecule has 0 bridgehead atoms. The molecule has 1 unspecified atom stereocenters. The lowest BCUT2D eigenvalue weighted by Gasteiger charge is -2.04. The van der Waals surface area contributed by atoms with Crippen LogP contribution in [0.1, 0.15) is 25.7 Å². The van der Waals surface area contributed by atoms with Crippen LogP contribution < -0.4 is 10.2 Å². The predicted molar refractivity (Wildman–Crippen MR) is 67.0 cm³/mol. The average molecular weight is 271 g/mol. The Morgan fingerprint density at radius 3 is 2.89 bits per heavy atom. The Morgan fingerprint density at radius 1 is 1.39 bits per heavy atom. The Morgan fingerprint density at radius 2 is 2.22 bits per heavy atom. The van der Waals surface area contributed by atoms with E-state index in [2.05, 4.69) is 9.71 Å². The molecule has 0 aliphatic rings. The van der Waals surface area contributed by atoms with E-state index in [4.69, 9.17) is 5.21 Å². The number of unbranched alkanes of at least 4 members (excludes halogenated alkanes) is 2. The molecule has 0 saturated heterocycles. The maximum Gasteiger partial charge on any atom is 0.243 e. The zero-order chi connectivity index (χ0) is 13.2. The van der Waals surface area contributed by atoms with Crippen LogP contribution in [0.2, 0.25) is 0 Å². The third kappa shape index (κ3) is 5.85. The summed E-state index contributed by atoms with van der Waals surface area (Å²) in [5, 5.41) is 8.28. The van der Waals surface area contributed by atoms with Gasteiger partial charge in [0.2, 0.25) is 5.91 Å². The lowest BCUT2D eigenvalue weighted by atomic mass is 10.2. The Balaban J connectivity index is 2.08. The highest BCUT2D eigenvalue weighted by molar-refractivity contribution is 7.83. The number of hydroxylamine groups is 1. The number of pyridine rings is 1. The minimum absolute atomic E-state index is 0.308. The van der Waals surface area contributed by atoms with Gasteiger partial charge < -0.3 is 0 Å². The van der Waals surface area contributed by atoms with Crippen LogP contribution in [-0.4, -0.2) is 26.9 Å². The molecule has 18 heavy (non-hydrogen) atoms. The first-order valence-electron chi connectivity index (χ1n) is 5.72. The zero-order valence-electron chi connectivity index (χ0n) is 9.96. The van der Waals surface area contributed by atoms with Gasteiger partial charge in [0.25, 0.3) is 0 Å². The fourth-order valence-electron chi connectivity index (χ4n) is 1.35. The molecule has 1 rings (SSSR count). The molecule has 100 valence electrons. The second kappa shape index (κ2) is 8.73.